The Morgan fingerprint density at radius 2 is 1.72 bits per heavy atom. The SMILES string of the molecule is CC(C)Oc1cc2c(cc1Nc1ncc(Cl)c(Nc3ccccc3S(=O)(=O)C(C)C)n1)C(=O)N(C1CCN(CCC#N)CC1)C2=O. The summed E-state index contributed by atoms with van der Waals surface area (Å²) in [6.07, 6.45) is 2.83. The molecule has 0 unspecified atom stereocenters. The second kappa shape index (κ2) is 13.6. The summed E-state index contributed by atoms with van der Waals surface area (Å²) in [5.74, 6) is -0.138. The highest BCUT2D eigenvalue weighted by molar-refractivity contribution is 7.92. The maximum atomic E-state index is 13.6. The summed E-state index contributed by atoms with van der Waals surface area (Å²) in [5, 5.41) is 14.5. The first-order valence-corrected chi connectivity index (χ1v) is 17.0. The Morgan fingerprint density at radius 1 is 1.04 bits per heavy atom. The number of hydrogen-bond donors (Lipinski definition) is 2. The molecule has 242 valence electrons. The van der Waals surface area contributed by atoms with Gasteiger partial charge < -0.3 is 20.3 Å². The number of para-hydroxylation sites is 1. The molecule has 2 aliphatic heterocycles. The van der Waals surface area contributed by atoms with Crippen LogP contribution in [0.15, 0.2) is 47.5 Å². The number of hydrogen-bond acceptors (Lipinski definition) is 11. The number of rotatable bonds is 11. The minimum absolute atomic E-state index is 0.100. The number of sulfone groups is 1. The standard InChI is InChI=1S/C32H36ClN7O5S/c1-19(2)45-27-17-23-22(30(41)40(31(23)42)21-10-14-39(15-11-21)13-7-12-34)16-26(27)37-32-35-18-24(33)29(38-32)36-25-8-5-6-9-28(25)46(43,44)20(3)4/h5-6,8-9,16-21H,7,10-11,13-15H2,1-4H3,(H2,35,36,37,38). The number of amides is 2. The number of carbonyl (C=O) groups is 2. The fourth-order valence-electron chi connectivity index (χ4n) is 5.51. The van der Waals surface area contributed by atoms with Gasteiger partial charge in [-0.15, -0.1) is 0 Å². The zero-order chi connectivity index (χ0) is 33.2. The van der Waals surface area contributed by atoms with Crippen LogP contribution in [0.1, 0.15) is 67.7 Å². The Labute approximate surface area is 273 Å². The monoisotopic (exact) mass is 665 g/mol. The molecular weight excluding hydrogens is 630 g/mol. The molecule has 0 spiro atoms. The van der Waals surface area contributed by atoms with Gasteiger partial charge in [0.2, 0.25) is 5.95 Å². The van der Waals surface area contributed by atoms with Crippen LogP contribution in [0.3, 0.4) is 0 Å². The van der Waals surface area contributed by atoms with Crippen molar-refractivity contribution < 1.29 is 22.7 Å². The molecule has 2 aliphatic rings. The highest BCUT2D eigenvalue weighted by atomic mass is 35.5. The van der Waals surface area contributed by atoms with Crippen LogP contribution in [0.25, 0.3) is 0 Å². The number of aromatic nitrogens is 2. The maximum absolute atomic E-state index is 13.6. The third kappa shape index (κ3) is 6.79. The van der Waals surface area contributed by atoms with Crippen molar-refractivity contribution in [2.24, 2.45) is 0 Å². The summed E-state index contributed by atoms with van der Waals surface area (Å²) in [6, 6.07) is 11.6. The minimum Gasteiger partial charge on any atom is -0.489 e. The number of imide groups is 1. The third-order valence-electron chi connectivity index (χ3n) is 7.90. The highest BCUT2D eigenvalue weighted by Crippen LogP contribution is 2.38. The number of halogens is 1. The van der Waals surface area contributed by atoms with Crippen molar-refractivity contribution in [3.8, 4) is 11.8 Å². The first kappa shape index (κ1) is 33.1. The van der Waals surface area contributed by atoms with Gasteiger partial charge in [-0.3, -0.25) is 14.5 Å². The van der Waals surface area contributed by atoms with E-state index in [0.29, 0.717) is 56.0 Å². The molecule has 0 atom stereocenters. The summed E-state index contributed by atoms with van der Waals surface area (Å²) in [7, 11) is -3.61. The molecule has 0 saturated carbocycles. The van der Waals surface area contributed by atoms with Gasteiger partial charge in [0.25, 0.3) is 11.8 Å². The van der Waals surface area contributed by atoms with E-state index in [0.717, 1.165) is 0 Å². The fraction of sp³-hybridized carbons (Fsp3) is 0.406. The average Bonchev–Trinajstić information content (AvgIpc) is 3.26. The molecular formula is C32H36ClN7O5S. The number of nitrogens with one attached hydrogen (secondary N) is 2. The summed E-state index contributed by atoms with van der Waals surface area (Å²) in [6.45, 7) is 8.99. The largest absolute Gasteiger partial charge is 0.489 e. The summed E-state index contributed by atoms with van der Waals surface area (Å²) < 4.78 is 32.0. The van der Waals surface area contributed by atoms with Gasteiger partial charge in [0, 0.05) is 32.1 Å². The van der Waals surface area contributed by atoms with Crippen molar-refractivity contribution in [1.29, 1.82) is 5.26 Å². The molecule has 12 nitrogen and oxygen atoms in total. The van der Waals surface area contributed by atoms with Crippen LogP contribution in [-0.2, 0) is 9.84 Å². The number of fused-ring (bicyclic) bond motifs is 1. The van der Waals surface area contributed by atoms with Gasteiger partial charge in [-0.25, -0.2) is 13.4 Å². The molecule has 1 aromatic heterocycles. The number of carbonyl (C=O) groups excluding carboxylic acids is 2. The molecule has 0 aliphatic carbocycles. The lowest BCUT2D eigenvalue weighted by atomic mass is 10.0. The normalized spacial score (nSPS) is 15.7. The van der Waals surface area contributed by atoms with E-state index < -0.39 is 15.1 Å². The third-order valence-corrected chi connectivity index (χ3v) is 10.4. The number of anilines is 4. The summed E-state index contributed by atoms with van der Waals surface area (Å²) in [5.41, 5.74) is 1.19. The molecule has 0 bridgehead atoms. The van der Waals surface area contributed by atoms with Crippen molar-refractivity contribution in [3.63, 3.8) is 0 Å². The van der Waals surface area contributed by atoms with Gasteiger partial charge in [0.05, 0.1) is 51.0 Å². The molecule has 2 N–H and O–H groups in total. The lowest BCUT2D eigenvalue weighted by Crippen LogP contribution is -2.47. The molecule has 14 heteroatoms. The summed E-state index contributed by atoms with van der Waals surface area (Å²) >= 11 is 6.42. The number of nitrogens with zero attached hydrogens (tertiary/aromatic N) is 5. The fourth-order valence-corrected chi connectivity index (χ4v) is 6.85. The lowest BCUT2D eigenvalue weighted by molar-refractivity contribution is 0.0504. The quantitative estimate of drug-likeness (QED) is 0.247. The molecule has 0 radical (unpaired) electrons. The number of nitriles is 1. The second-order valence-corrected chi connectivity index (χ2v) is 14.6. The smallest absolute Gasteiger partial charge is 0.261 e. The average molecular weight is 666 g/mol. The molecule has 3 aromatic rings. The molecule has 2 amide bonds. The van der Waals surface area contributed by atoms with Crippen LogP contribution < -0.4 is 15.4 Å². The van der Waals surface area contributed by atoms with Gasteiger partial charge in [-0.1, -0.05) is 23.7 Å². The number of benzene rings is 2. The van der Waals surface area contributed by atoms with Crippen molar-refractivity contribution in [2.75, 3.05) is 30.3 Å². The Bertz CT molecular complexity index is 1800. The van der Waals surface area contributed by atoms with Crippen molar-refractivity contribution in [2.45, 2.75) is 69.2 Å². The van der Waals surface area contributed by atoms with E-state index in [1.807, 2.05) is 13.8 Å². The second-order valence-electron chi connectivity index (χ2n) is 11.8. The molecule has 1 saturated heterocycles. The van der Waals surface area contributed by atoms with E-state index in [2.05, 4.69) is 31.6 Å². The molecule has 2 aromatic carbocycles. The number of likely N-dealkylation sites (tertiary alicyclic amines) is 1. The van der Waals surface area contributed by atoms with Crippen LogP contribution in [-0.4, -0.2) is 77.0 Å². The number of ether oxygens (including phenoxy) is 1. The number of piperidine rings is 1. The first-order valence-electron chi connectivity index (χ1n) is 15.1. The van der Waals surface area contributed by atoms with E-state index in [9.17, 15) is 18.0 Å². The van der Waals surface area contributed by atoms with Crippen LogP contribution in [0.2, 0.25) is 5.02 Å². The first-order chi connectivity index (χ1) is 21.9. The Balaban J connectivity index is 1.43. The van der Waals surface area contributed by atoms with Gasteiger partial charge >= 0.3 is 0 Å². The lowest BCUT2D eigenvalue weighted by Gasteiger charge is -2.35. The predicted molar refractivity (Wildman–Crippen MR) is 175 cm³/mol. The van der Waals surface area contributed by atoms with E-state index in [1.165, 1.54) is 17.2 Å². The van der Waals surface area contributed by atoms with E-state index in [-0.39, 0.29) is 56.8 Å². The van der Waals surface area contributed by atoms with Crippen LogP contribution in [0.4, 0.5) is 23.1 Å². The van der Waals surface area contributed by atoms with E-state index in [1.54, 1.807) is 44.2 Å². The van der Waals surface area contributed by atoms with Crippen LogP contribution in [0.5, 0.6) is 5.75 Å². The molecule has 5 rings (SSSR count). The molecule has 1 fully saturated rings. The van der Waals surface area contributed by atoms with Gasteiger partial charge in [0.1, 0.15) is 10.8 Å². The van der Waals surface area contributed by atoms with Crippen LogP contribution in [0, 0.1) is 11.3 Å². The van der Waals surface area contributed by atoms with Gasteiger partial charge in [0.15, 0.2) is 15.7 Å². The van der Waals surface area contributed by atoms with Crippen molar-refractivity contribution in [1.82, 2.24) is 19.8 Å². The predicted octanol–water partition coefficient (Wildman–Crippen LogP) is 5.56. The zero-order valence-corrected chi connectivity index (χ0v) is 27.7. The maximum Gasteiger partial charge on any atom is 0.261 e. The highest BCUT2D eigenvalue weighted by Gasteiger charge is 2.42. The Morgan fingerprint density at radius 3 is 2.37 bits per heavy atom. The van der Waals surface area contributed by atoms with Gasteiger partial charge in [-0.2, -0.15) is 10.2 Å². The van der Waals surface area contributed by atoms with Crippen LogP contribution >= 0.6 is 11.6 Å². The van der Waals surface area contributed by atoms with E-state index in [4.69, 9.17) is 21.6 Å². The van der Waals surface area contributed by atoms with Gasteiger partial charge in [-0.05, 0) is 64.8 Å². The molecule has 46 heavy (non-hydrogen) atoms. The summed E-state index contributed by atoms with van der Waals surface area (Å²) in [4.78, 5) is 39.6. The van der Waals surface area contributed by atoms with Crippen molar-refractivity contribution in [3.05, 3.63) is 58.7 Å². The Hall–Kier alpha value is -4.25. The topological polar surface area (TPSA) is 158 Å². The minimum atomic E-state index is -3.61. The molecule has 3 heterocycles. The Kier molecular flexibility index (Phi) is 9.81. The van der Waals surface area contributed by atoms with Crippen molar-refractivity contribution >= 4 is 56.4 Å². The zero-order valence-electron chi connectivity index (χ0n) is 26.1. The van der Waals surface area contributed by atoms with E-state index >= 15 is 0 Å².